The van der Waals surface area contributed by atoms with Gasteiger partial charge in [0.15, 0.2) is 0 Å². The van der Waals surface area contributed by atoms with E-state index in [2.05, 4.69) is 24.9 Å². The van der Waals surface area contributed by atoms with Gasteiger partial charge in [-0.05, 0) is 33.6 Å². The monoisotopic (exact) mass is 178 g/mol. The predicted molar refractivity (Wildman–Crippen MR) is 54.2 cm³/mol. The summed E-state index contributed by atoms with van der Waals surface area (Å²) >= 11 is 0. The van der Waals surface area contributed by atoms with Crippen LogP contribution in [0.3, 0.4) is 0 Å². The lowest BCUT2D eigenvalue weighted by Crippen LogP contribution is -1.83. The fourth-order valence-corrected chi connectivity index (χ4v) is 1.22. The number of rotatable bonds is 3. The van der Waals surface area contributed by atoms with Gasteiger partial charge in [-0.25, -0.2) is 4.98 Å². The molecule has 1 aromatic heterocycles. The van der Waals surface area contributed by atoms with Crippen LogP contribution in [-0.2, 0) is 6.42 Å². The third-order valence-corrected chi connectivity index (χ3v) is 1.98. The highest BCUT2D eigenvalue weighted by molar-refractivity contribution is 5.56. The summed E-state index contributed by atoms with van der Waals surface area (Å²) in [5.41, 5.74) is 2.06. The van der Waals surface area contributed by atoms with Gasteiger partial charge in [0.2, 0.25) is 5.89 Å². The molecule has 13 heavy (non-hydrogen) atoms. The van der Waals surface area contributed by atoms with E-state index >= 15 is 0 Å². The van der Waals surface area contributed by atoms with E-state index in [-0.39, 0.29) is 0 Å². The highest BCUT2D eigenvalue weighted by atomic mass is 16.4. The van der Waals surface area contributed by atoms with Crippen LogP contribution in [0.5, 0.6) is 0 Å². The molecule has 71 valence electrons. The number of allylic oxidation sites excluding steroid dienone is 2. The Hall–Kier alpha value is -1.05. The van der Waals surface area contributed by atoms with Crippen LogP contribution in [0.15, 0.2) is 10.5 Å². The number of hydrogen-bond acceptors (Lipinski definition) is 2. The first-order valence-corrected chi connectivity index (χ1v) is 4.61. The number of nitrogens with zero attached hydrogens (tertiary/aromatic N) is 1. The Bertz CT molecular complexity index is 310. The van der Waals surface area contributed by atoms with Gasteiger partial charge in [-0.3, -0.25) is 0 Å². The summed E-state index contributed by atoms with van der Waals surface area (Å²) in [4.78, 5) is 4.35. The lowest BCUT2D eigenvalue weighted by Gasteiger charge is -1.91. The standard InChI is InChI=1S/C11H16NO/c1-5-7-8(3)11-12-10(6-2)9(4)13-11/h7H,2,5-6H2,1,3-4H3/b8-7+. The molecule has 0 aliphatic heterocycles. The van der Waals surface area contributed by atoms with E-state index in [1.807, 2.05) is 13.8 Å². The minimum atomic E-state index is 0.689. The van der Waals surface area contributed by atoms with Gasteiger partial charge in [0.25, 0.3) is 0 Å². The maximum absolute atomic E-state index is 5.50. The lowest BCUT2D eigenvalue weighted by atomic mass is 10.2. The van der Waals surface area contributed by atoms with Crippen LogP contribution in [0.1, 0.15) is 37.6 Å². The molecule has 2 heteroatoms. The van der Waals surface area contributed by atoms with Gasteiger partial charge < -0.3 is 4.42 Å². The first kappa shape index (κ1) is 10.0. The normalized spacial score (nSPS) is 12.2. The van der Waals surface area contributed by atoms with Crippen molar-refractivity contribution in [3.63, 3.8) is 0 Å². The van der Waals surface area contributed by atoms with Crippen LogP contribution in [-0.4, -0.2) is 4.98 Å². The maximum atomic E-state index is 5.50. The molecule has 1 heterocycles. The molecule has 0 amide bonds. The summed E-state index contributed by atoms with van der Waals surface area (Å²) in [6.45, 7) is 9.83. The van der Waals surface area contributed by atoms with Crippen molar-refractivity contribution in [2.45, 2.75) is 33.6 Å². The summed E-state index contributed by atoms with van der Waals surface area (Å²) in [6, 6.07) is 0. The third kappa shape index (κ3) is 2.20. The van der Waals surface area contributed by atoms with Gasteiger partial charge in [-0.15, -0.1) is 0 Å². The van der Waals surface area contributed by atoms with Crippen LogP contribution in [0.25, 0.3) is 5.57 Å². The van der Waals surface area contributed by atoms with Crippen molar-refractivity contribution in [3.05, 3.63) is 30.3 Å². The molecule has 0 fully saturated rings. The average Bonchev–Trinajstić information content (AvgIpc) is 2.47. The second-order valence-corrected chi connectivity index (χ2v) is 3.07. The molecule has 0 unspecified atom stereocenters. The zero-order valence-corrected chi connectivity index (χ0v) is 8.55. The van der Waals surface area contributed by atoms with Gasteiger partial charge in [0.05, 0.1) is 5.69 Å². The first-order valence-electron chi connectivity index (χ1n) is 4.61. The summed E-state index contributed by atoms with van der Waals surface area (Å²) in [7, 11) is 0. The van der Waals surface area contributed by atoms with Gasteiger partial charge in [0.1, 0.15) is 5.76 Å². The van der Waals surface area contributed by atoms with Crippen molar-refractivity contribution in [1.82, 2.24) is 4.98 Å². The molecule has 0 saturated heterocycles. The van der Waals surface area contributed by atoms with Crippen molar-refractivity contribution >= 4 is 5.57 Å². The molecule has 1 radical (unpaired) electrons. The molecule has 1 rings (SSSR count). The van der Waals surface area contributed by atoms with Crippen molar-refractivity contribution in [3.8, 4) is 0 Å². The van der Waals surface area contributed by atoms with Crippen LogP contribution < -0.4 is 0 Å². The Balaban J connectivity index is 2.96. The number of aromatic nitrogens is 1. The first-order chi connectivity index (χ1) is 6.19. The smallest absolute Gasteiger partial charge is 0.221 e. The zero-order chi connectivity index (χ0) is 9.84. The molecule has 0 aliphatic rings. The molecule has 1 aromatic rings. The minimum Gasteiger partial charge on any atom is -0.442 e. The average molecular weight is 178 g/mol. The molecule has 0 spiro atoms. The molecule has 0 saturated carbocycles. The van der Waals surface area contributed by atoms with Crippen LogP contribution in [0.2, 0.25) is 0 Å². The molecular weight excluding hydrogens is 162 g/mol. The van der Waals surface area contributed by atoms with Crippen molar-refractivity contribution in [2.75, 3.05) is 0 Å². The predicted octanol–water partition coefficient (Wildman–Crippen LogP) is 3.17. The quantitative estimate of drug-likeness (QED) is 0.710. The number of hydrogen-bond donors (Lipinski definition) is 0. The summed E-state index contributed by atoms with van der Waals surface area (Å²) in [5.74, 6) is 1.62. The molecule has 0 bridgehead atoms. The van der Waals surface area contributed by atoms with E-state index in [1.165, 1.54) is 0 Å². The van der Waals surface area contributed by atoms with Crippen LogP contribution in [0, 0.1) is 13.8 Å². The van der Waals surface area contributed by atoms with Crippen molar-refractivity contribution in [2.24, 2.45) is 0 Å². The fourth-order valence-electron chi connectivity index (χ4n) is 1.22. The van der Waals surface area contributed by atoms with Crippen molar-refractivity contribution < 1.29 is 4.42 Å². The van der Waals surface area contributed by atoms with Gasteiger partial charge in [-0.1, -0.05) is 13.0 Å². The zero-order valence-electron chi connectivity index (χ0n) is 8.55. The Labute approximate surface area is 79.7 Å². The largest absolute Gasteiger partial charge is 0.442 e. The molecular formula is C11H16NO. The molecule has 0 aromatic carbocycles. The molecule has 0 N–H and O–H groups in total. The Kier molecular flexibility index (Phi) is 3.29. The second-order valence-electron chi connectivity index (χ2n) is 3.07. The van der Waals surface area contributed by atoms with E-state index in [0.29, 0.717) is 6.42 Å². The Morgan fingerprint density at radius 2 is 2.31 bits per heavy atom. The maximum Gasteiger partial charge on any atom is 0.221 e. The van der Waals surface area contributed by atoms with E-state index in [9.17, 15) is 0 Å². The summed E-state index contributed by atoms with van der Waals surface area (Å²) < 4.78 is 5.50. The molecule has 0 atom stereocenters. The van der Waals surface area contributed by atoms with Crippen molar-refractivity contribution in [1.29, 1.82) is 0 Å². The molecule has 2 nitrogen and oxygen atoms in total. The topological polar surface area (TPSA) is 26.0 Å². The SMILES string of the molecule is [CH2]Cc1nc(/C(C)=C/CC)oc1C. The van der Waals surface area contributed by atoms with E-state index in [0.717, 1.165) is 29.3 Å². The Morgan fingerprint density at radius 1 is 1.62 bits per heavy atom. The molecule has 0 aliphatic carbocycles. The van der Waals surface area contributed by atoms with Gasteiger partial charge in [-0.2, -0.15) is 0 Å². The summed E-state index contributed by atoms with van der Waals surface area (Å²) in [5, 5.41) is 0. The van der Waals surface area contributed by atoms with Crippen LogP contribution >= 0.6 is 0 Å². The minimum absolute atomic E-state index is 0.689. The highest BCUT2D eigenvalue weighted by Gasteiger charge is 2.08. The lowest BCUT2D eigenvalue weighted by molar-refractivity contribution is 0.511. The second kappa shape index (κ2) is 4.26. The van der Waals surface area contributed by atoms with Crippen LogP contribution in [0.4, 0.5) is 0 Å². The van der Waals surface area contributed by atoms with E-state index < -0.39 is 0 Å². The third-order valence-electron chi connectivity index (χ3n) is 1.98. The summed E-state index contributed by atoms with van der Waals surface area (Å²) in [6.07, 6.45) is 3.81. The Morgan fingerprint density at radius 3 is 2.77 bits per heavy atom. The number of oxazole rings is 1. The highest BCUT2D eigenvalue weighted by Crippen LogP contribution is 2.17. The van der Waals surface area contributed by atoms with Gasteiger partial charge in [0, 0.05) is 5.57 Å². The van der Waals surface area contributed by atoms with E-state index in [4.69, 9.17) is 4.42 Å². The van der Waals surface area contributed by atoms with Gasteiger partial charge >= 0.3 is 0 Å². The number of aryl methyl sites for hydroxylation is 1. The fraction of sp³-hybridized carbons (Fsp3) is 0.455. The van der Waals surface area contributed by atoms with E-state index in [1.54, 1.807) is 0 Å².